The van der Waals surface area contributed by atoms with Crippen molar-refractivity contribution in [3.8, 4) is 0 Å². The number of nitrogens with zero attached hydrogens (tertiary/aromatic N) is 1. The van der Waals surface area contributed by atoms with E-state index in [0.717, 1.165) is 25.9 Å². The molecule has 0 aliphatic carbocycles. The fourth-order valence-corrected chi connectivity index (χ4v) is 3.69. The van der Waals surface area contributed by atoms with Crippen LogP contribution in [0.1, 0.15) is 65.8 Å². The van der Waals surface area contributed by atoms with Gasteiger partial charge in [0.05, 0.1) is 0 Å². The highest BCUT2D eigenvalue weighted by molar-refractivity contribution is 7.80. The number of amides is 2. The second-order valence-electron chi connectivity index (χ2n) is 8.24. The number of hydrogen-bond donors (Lipinski definition) is 2. The molecule has 3 rings (SSSR count). The Kier molecular flexibility index (Phi) is 7.21. The van der Waals surface area contributed by atoms with E-state index in [1.54, 1.807) is 18.2 Å². The first kappa shape index (κ1) is 22.0. The number of piperidine rings is 1. The van der Waals surface area contributed by atoms with Crippen molar-refractivity contribution >= 4 is 34.8 Å². The Morgan fingerprint density at radius 1 is 1.03 bits per heavy atom. The average Bonchev–Trinajstić information content (AvgIpc) is 2.74. The van der Waals surface area contributed by atoms with Gasteiger partial charge in [-0.3, -0.25) is 14.9 Å². The number of thiocarbonyl (C=S) groups is 1. The van der Waals surface area contributed by atoms with Crippen LogP contribution in [0, 0.1) is 5.92 Å². The van der Waals surface area contributed by atoms with Crippen LogP contribution >= 0.6 is 12.2 Å². The highest BCUT2D eigenvalue weighted by atomic mass is 32.1. The molecule has 2 amide bonds. The van der Waals surface area contributed by atoms with E-state index in [4.69, 9.17) is 12.2 Å². The van der Waals surface area contributed by atoms with Gasteiger partial charge in [0, 0.05) is 29.9 Å². The third kappa shape index (κ3) is 5.66. The first-order valence-corrected chi connectivity index (χ1v) is 10.9. The van der Waals surface area contributed by atoms with E-state index in [0.29, 0.717) is 28.7 Å². The highest BCUT2D eigenvalue weighted by Gasteiger charge is 2.21. The molecule has 1 heterocycles. The maximum atomic E-state index is 12.8. The van der Waals surface area contributed by atoms with Gasteiger partial charge in [0.15, 0.2) is 5.11 Å². The SMILES string of the molecule is CC1CCN(C(=O)c2cccc(NC(=S)NC(=O)c3ccc(C(C)C)cc3)c2)CC1. The molecule has 0 saturated carbocycles. The van der Waals surface area contributed by atoms with Gasteiger partial charge in [-0.1, -0.05) is 39.0 Å². The summed E-state index contributed by atoms with van der Waals surface area (Å²) in [4.78, 5) is 27.1. The van der Waals surface area contributed by atoms with Crippen molar-refractivity contribution in [2.45, 2.75) is 39.5 Å². The normalized spacial score (nSPS) is 14.5. The highest BCUT2D eigenvalue weighted by Crippen LogP contribution is 2.20. The predicted molar refractivity (Wildman–Crippen MR) is 125 cm³/mol. The summed E-state index contributed by atoms with van der Waals surface area (Å²) in [6.07, 6.45) is 2.08. The van der Waals surface area contributed by atoms with Gasteiger partial charge < -0.3 is 10.2 Å². The zero-order valence-electron chi connectivity index (χ0n) is 17.8. The van der Waals surface area contributed by atoms with Crippen molar-refractivity contribution in [2.24, 2.45) is 5.92 Å². The summed E-state index contributed by atoms with van der Waals surface area (Å²) in [5.74, 6) is 0.848. The number of benzene rings is 2. The minimum absolute atomic E-state index is 0.0331. The Bertz CT molecular complexity index is 916. The van der Waals surface area contributed by atoms with Crippen molar-refractivity contribution < 1.29 is 9.59 Å². The van der Waals surface area contributed by atoms with Crippen LogP contribution in [0.4, 0.5) is 5.69 Å². The maximum Gasteiger partial charge on any atom is 0.257 e. The molecule has 1 saturated heterocycles. The molecule has 1 fully saturated rings. The molecule has 2 N–H and O–H groups in total. The summed E-state index contributed by atoms with van der Waals surface area (Å²) in [6.45, 7) is 8.03. The number of hydrogen-bond acceptors (Lipinski definition) is 3. The number of anilines is 1. The Balaban J connectivity index is 1.59. The molecule has 1 aliphatic rings. The molecular weight excluding hydrogens is 394 g/mol. The number of carbonyl (C=O) groups is 2. The Morgan fingerprint density at radius 3 is 2.33 bits per heavy atom. The molecule has 6 heteroatoms. The van der Waals surface area contributed by atoms with Crippen LogP contribution in [0.3, 0.4) is 0 Å². The summed E-state index contributed by atoms with van der Waals surface area (Å²) in [6, 6.07) is 14.7. The third-order valence-corrected chi connectivity index (χ3v) is 5.71. The molecule has 0 atom stereocenters. The van der Waals surface area contributed by atoms with Gasteiger partial charge in [0.2, 0.25) is 0 Å². The molecule has 158 valence electrons. The van der Waals surface area contributed by atoms with Crippen molar-refractivity contribution in [1.82, 2.24) is 10.2 Å². The van der Waals surface area contributed by atoms with Crippen LogP contribution in [0.2, 0.25) is 0 Å². The Labute approximate surface area is 183 Å². The van der Waals surface area contributed by atoms with E-state index in [1.165, 1.54) is 5.56 Å². The van der Waals surface area contributed by atoms with Gasteiger partial charge in [0.25, 0.3) is 11.8 Å². The lowest BCUT2D eigenvalue weighted by Crippen LogP contribution is -2.38. The van der Waals surface area contributed by atoms with Crippen LogP contribution in [-0.4, -0.2) is 34.9 Å². The minimum atomic E-state index is -0.266. The molecule has 30 heavy (non-hydrogen) atoms. The molecular formula is C24H29N3O2S. The second kappa shape index (κ2) is 9.85. The van der Waals surface area contributed by atoms with Gasteiger partial charge in [-0.2, -0.15) is 0 Å². The second-order valence-corrected chi connectivity index (χ2v) is 8.65. The molecule has 0 unspecified atom stereocenters. The van der Waals surface area contributed by atoms with Gasteiger partial charge in [-0.05, 0) is 72.8 Å². The van der Waals surface area contributed by atoms with Crippen molar-refractivity contribution in [3.05, 3.63) is 65.2 Å². The first-order chi connectivity index (χ1) is 14.3. The summed E-state index contributed by atoms with van der Waals surface area (Å²) in [5.41, 5.74) is 3.02. The van der Waals surface area contributed by atoms with Gasteiger partial charge >= 0.3 is 0 Å². The molecule has 0 radical (unpaired) electrons. The average molecular weight is 424 g/mol. The van der Waals surface area contributed by atoms with E-state index < -0.39 is 0 Å². The summed E-state index contributed by atoms with van der Waals surface area (Å²) in [7, 11) is 0. The van der Waals surface area contributed by atoms with Crippen LogP contribution < -0.4 is 10.6 Å². The molecule has 0 bridgehead atoms. The minimum Gasteiger partial charge on any atom is -0.339 e. The van der Waals surface area contributed by atoms with E-state index in [2.05, 4.69) is 31.4 Å². The third-order valence-electron chi connectivity index (χ3n) is 5.50. The van der Waals surface area contributed by atoms with E-state index in [9.17, 15) is 9.59 Å². The van der Waals surface area contributed by atoms with Gasteiger partial charge in [0.1, 0.15) is 0 Å². The smallest absolute Gasteiger partial charge is 0.257 e. The predicted octanol–water partition coefficient (Wildman–Crippen LogP) is 4.81. The molecule has 2 aromatic rings. The topological polar surface area (TPSA) is 61.4 Å². The Morgan fingerprint density at radius 2 is 1.70 bits per heavy atom. The van der Waals surface area contributed by atoms with E-state index in [1.807, 2.05) is 35.2 Å². The summed E-state index contributed by atoms with van der Waals surface area (Å²) in [5, 5.41) is 5.90. The number of likely N-dealkylation sites (tertiary alicyclic amines) is 1. The first-order valence-electron chi connectivity index (χ1n) is 10.4. The quantitative estimate of drug-likeness (QED) is 0.693. The molecule has 5 nitrogen and oxygen atoms in total. The molecule has 2 aromatic carbocycles. The fraction of sp³-hybridized carbons (Fsp3) is 0.375. The molecule has 1 aliphatic heterocycles. The monoisotopic (exact) mass is 423 g/mol. The largest absolute Gasteiger partial charge is 0.339 e. The summed E-state index contributed by atoms with van der Waals surface area (Å²) >= 11 is 5.29. The lowest BCUT2D eigenvalue weighted by atomic mass is 9.98. The lowest BCUT2D eigenvalue weighted by Gasteiger charge is -2.30. The molecule has 0 aromatic heterocycles. The van der Waals surface area contributed by atoms with Crippen molar-refractivity contribution in [3.63, 3.8) is 0 Å². The van der Waals surface area contributed by atoms with Crippen molar-refractivity contribution in [2.75, 3.05) is 18.4 Å². The lowest BCUT2D eigenvalue weighted by molar-refractivity contribution is 0.0697. The van der Waals surface area contributed by atoms with E-state index >= 15 is 0 Å². The van der Waals surface area contributed by atoms with Crippen LogP contribution in [-0.2, 0) is 0 Å². The van der Waals surface area contributed by atoms with E-state index in [-0.39, 0.29) is 16.9 Å². The number of carbonyl (C=O) groups excluding carboxylic acids is 2. The maximum absolute atomic E-state index is 12.8. The van der Waals surface area contributed by atoms with Crippen LogP contribution in [0.25, 0.3) is 0 Å². The zero-order valence-corrected chi connectivity index (χ0v) is 18.6. The number of nitrogens with one attached hydrogen (secondary N) is 2. The number of rotatable bonds is 4. The molecule has 0 spiro atoms. The summed E-state index contributed by atoms with van der Waals surface area (Å²) < 4.78 is 0. The van der Waals surface area contributed by atoms with Gasteiger partial charge in [-0.25, -0.2) is 0 Å². The van der Waals surface area contributed by atoms with Crippen molar-refractivity contribution in [1.29, 1.82) is 0 Å². The Hall–Kier alpha value is -2.73. The van der Waals surface area contributed by atoms with Crippen LogP contribution in [0.5, 0.6) is 0 Å². The van der Waals surface area contributed by atoms with Crippen LogP contribution in [0.15, 0.2) is 48.5 Å². The van der Waals surface area contributed by atoms with Gasteiger partial charge in [-0.15, -0.1) is 0 Å². The zero-order chi connectivity index (χ0) is 21.7. The fourth-order valence-electron chi connectivity index (χ4n) is 3.48. The standard InChI is InChI=1S/C24H29N3O2S/c1-16(2)18-7-9-19(10-8-18)22(28)26-24(30)25-21-6-4-5-20(15-21)23(29)27-13-11-17(3)12-14-27/h4-10,15-17H,11-14H2,1-3H3,(H2,25,26,28,30).